The minimum Gasteiger partial charge on any atom is -0.507 e. The van der Waals surface area contributed by atoms with Gasteiger partial charge >= 0.3 is 5.97 Å². The fraction of sp³-hybridized carbons (Fsp3) is 0.350. The molecule has 1 unspecified atom stereocenters. The number of ether oxygens (including phenoxy) is 1. The Morgan fingerprint density at radius 1 is 1.25 bits per heavy atom. The topological polar surface area (TPSA) is 113 Å². The van der Waals surface area contributed by atoms with Gasteiger partial charge in [-0.25, -0.2) is 13.2 Å². The lowest BCUT2D eigenvalue weighted by Crippen LogP contribution is -2.16. The van der Waals surface area contributed by atoms with Crippen molar-refractivity contribution >= 4 is 21.7 Å². The number of aliphatic hydroxyl groups is 1. The van der Waals surface area contributed by atoms with Crippen LogP contribution >= 0.6 is 0 Å². The van der Waals surface area contributed by atoms with Crippen LogP contribution in [0.25, 0.3) is 0 Å². The number of sulfonamides is 1. The summed E-state index contributed by atoms with van der Waals surface area (Å²) < 4.78 is 32.7. The third-order valence-electron chi connectivity index (χ3n) is 4.82. The van der Waals surface area contributed by atoms with Crippen molar-refractivity contribution < 1.29 is 28.2 Å². The first-order valence-electron chi connectivity index (χ1n) is 9.02. The van der Waals surface area contributed by atoms with Gasteiger partial charge in [-0.05, 0) is 61.4 Å². The number of rotatable bonds is 8. The highest BCUT2D eigenvalue weighted by Gasteiger charge is 2.29. The maximum atomic E-state index is 12.8. The van der Waals surface area contributed by atoms with Crippen LogP contribution in [0.15, 0.2) is 47.4 Å². The van der Waals surface area contributed by atoms with Crippen LogP contribution in [0.1, 0.15) is 35.2 Å². The van der Waals surface area contributed by atoms with Crippen molar-refractivity contribution in [3.8, 4) is 5.75 Å². The number of benzene rings is 2. The minimum absolute atomic E-state index is 0.168. The molecule has 0 radical (unpaired) electrons. The zero-order valence-corrected chi connectivity index (χ0v) is 16.3. The van der Waals surface area contributed by atoms with Crippen LogP contribution in [-0.2, 0) is 21.2 Å². The maximum Gasteiger partial charge on any atom is 0.341 e. The number of carbonyl (C=O) groups excluding carboxylic acids is 1. The van der Waals surface area contributed by atoms with Gasteiger partial charge < -0.3 is 14.9 Å². The third-order valence-corrected chi connectivity index (χ3v) is 6.18. The van der Waals surface area contributed by atoms with E-state index in [1.165, 1.54) is 6.07 Å². The molecular formula is C20H23NO6S. The number of para-hydroxylation sites is 1. The predicted octanol–water partition coefficient (Wildman–Crippen LogP) is 2.68. The Bertz CT molecular complexity index is 968. The van der Waals surface area contributed by atoms with Crippen molar-refractivity contribution in [2.24, 2.45) is 5.92 Å². The fourth-order valence-electron chi connectivity index (χ4n) is 3.02. The molecule has 2 aromatic carbocycles. The van der Waals surface area contributed by atoms with Gasteiger partial charge in [-0.2, -0.15) is 0 Å². The second-order valence-corrected chi connectivity index (χ2v) is 8.56. The summed E-state index contributed by atoms with van der Waals surface area (Å²) in [4.78, 5) is 11.5. The van der Waals surface area contributed by atoms with Crippen molar-refractivity contribution in [1.29, 1.82) is 0 Å². The van der Waals surface area contributed by atoms with Crippen molar-refractivity contribution in [3.05, 3.63) is 53.6 Å². The van der Waals surface area contributed by atoms with Gasteiger partial charge in [-0.15, -0.1) is 0 Å². The summed E-state index contributed by atoms with van der Waals surface area (Å²) in [6.07, 6.45) is 2.82. The van der Waals surface area contributed by atoms with Crippen LogP contribution < -0.4 is 4.72 Å². The van der Waals surface area contributed by atoms with Gasteiger partial charge in [0.1, 0.15) is 11.3 Å². The molecule has 0 heterocycles. The number of aliphatic hydroxyl groups excluding tert-OH is 1. The van der Waals surface area contributed by atoms with Crippen molar-refractivity contribution in [2.75, 3.05) is 11.8 Å². The Balaban J connectivity index is 1.82. The van der Waals surface area contributed by atoms with E-state index in [-0.39, 0.29) is 22.3 Å². The lowest BCUT2D eigenvalue weighted by atomic mass is 10.0. The summed E-state index contributed by atoms with van der Waals surface area (Å²) in [6.45, 7) is 0. The van der Waals surface area contributed by atoms with Gasteiger partial charge in [-0.3, -0.25) is 4.72 Å². The molecule has 1 saturated carbocycles. The van der Waals surface area contributed by atoms with Crippen LogP contribution in [0.3, 0.4) is 0 Å². The first kappa shape index (κ1) is 20.2. The number of phenols is 1. The Morgan fingerprint density at radius 3 is 2.64 bits per heavy atom. The van der Waals surface area contributed by atoms with Crippen LogP contribution in [0.5, 0.6) is 5.75 Å². The second-order valence-electron chi connectivity index (χ2n) is 6.88. The van der Waals surface area contributed by atoms with Gasteiger partial charge in [0.2, 0.25) is 0 Å². The zero-order chi connectivity index (χ0) is 20.3. The number of nitrogens with one attached hydrogen (secondary N) is 1. The largest absolute Gasteiger partial charge is 0.507 e. The average Bonchev–Trinajstić information content (AvgIpc) is 3.51. The number of phenolic OH excluding ortho intramolecular Hbond substituents is 1. The van der Waals surface area contributed by atoms with Gasteiger partial charge in [0.05, 0.1) is 23.8 Å². The highest BCUT2D eigenvalue weighted by atomic mass is 32.2. The van der Waals surface area contributed by atoms with E-state index in [1.807, 2.05) is 12.1 Å². The van der Waals surface area contributed by atoms with Gasteiger partial charge in [0, 0.05) is 0 Å². The minimum atomic E-state index is -3.99. The second kappa shape index (κ2) is 8.20. The Hall–Kier alpha value is -2.58. The quantitative estimate of drug-likeness (QED) is 0.582. The van der Waals surface area contributed by atoms with E-state index in [9.17, 15) is 23.4 Å². The predicted molar refractivity (Wildman–Crippen MR) is 104 cm³/mol. The third kappa shape index (κ3) is 4.63. The number of aryl methyl sites for hydroxylation is 1. The molecule has 1 aliphatic carbocycles. The van der Waals surface area contributed by atoms with Crippen molar-refractivity contribution in [3.63, 3.8) is 0 Å². The standard InChI is InChI=1S/C20H23NO6S/c1-27-20(24)16-12-15(9-11-19(16)23)28(25,26)21-17-5-3-2-4-13(17)8-10-18(22)14-6-7-14/h2-5,9,11-12,14,18,21-23H,6-8,10H2,1H3. The van der Waals surface area contributed by atoms with E-state index < -0.39 is 16.0 Å². The summed E-state index contributed by atoms with van der Waals surface area (Å²) in [5.41, 5.74) is 0.960. The molecule has 28 heavy (non-hydrogen) atoms. The Morgan fingerprint density at radius 2 is 1.96 bits per heavy atom. The first-order valence-corrected chi connectivity index (χ1v) is 10.5. The highest BCUT2D eigenvalue weighted by molar-refractivity contribution is 7.92. The number of hydrogen-bond acceptors (Lipinski definition) is 6. The van der Waals surface area contributed by atoms with Crippen molar-refractivity contribution in [2.45, 2.75) is 36.7 Å². The smallest absolute Gasteiger partial charge is 0.341 e. The van der Waals surface area contributed by atoms with Crippen LogP contribution in [-0.4, -0.2) is 37.8 Å². The number of anilines is 1. The summed E-state index contributed by atoms with van der Waals surface area (Å²) in [5.74, 6) is -0.832. The molecule has 2 aromatic rings. The fourth-order valence-corrected chi connectivity index (χ4v) is 4.14. The molecule has 1 fully saturated rings. The van der Waals surface area contributed by atoms with E-state index in [0.717, 1.165) is 37.6 Å². The zero-order valence-electron chi connectivity index (χ0n) is 15.5. The molecule has 3 rings (SSSR count). The normalized spacial score (nSPS) is 15.1. The average molecular weight is 405 g/mol. The van der Waals surface area contributed by atoms with E-state index in [1.54, 1.807) is 12.1 Å². The molecule has 1 atom stereocenters. The van der Waals surface area contributed by atoms with Gasteiger partial charge in [0.15, 0.2) is 0 Å². The van der Waals surface area contributed by atoms with Crippen LogP contribution in [0, 0.1) is 5.92 Å². The monoisotopic (exact) mass is 405 g/mol. The molecule has 0 saturated heterocycles. The SMILES string of the molecule is COC(=O)c1cc(S(=O)(=O)Nc2ccccc2CCC(O)C2CC2)ccc1O. The number of carbonyl (C=O) groups is 1. The van der Waals surface area contributed by atoms with E-state index in [2.05, 4.69) is 9.46 Å². The first-order chi connectivity index (χ1) is 13.3. The molecule has 7 nitrogen and oxygen atoms in total. The molecule has 1 aliphatic rings. The lowest BCUT2D eigenvalue weighted by Gasteiger charge is -2.15. The Labute approximate surface area is 164 Å². The van der Waals surface area contributed by atoms with Crippen molar-refractivity contribution in [1.82, 2.24) is 0 Å². The molecule has 0 bridgehead atoms. The molecule has 0 amide bonds. The molecule has 0 spiro atoms. The van der Waals surface area contributed by atoms with Crippen LogP contribution in [0.4, 0.5) is 5.69 Å². The van der Waals surface area contributed by atoms with Gasteiger partial charge in [-0.1, -0.05) is 18.2 Å². The summed E-state index contributed by atoms with van der Waals surface area (Å²) >= 11 is 0. The number of methoxy groups -OCH3 is 1. The van der Waals surface area contributed by atoms with E-state index in [4.69, 9.17) is 0 Å². The summed E-state index contributed by atoms with van der Waals surface area (Å²) in [5, 5.41) is 19.8. The van der Waals surface area contributed by atoms with E-state index >= 15 is 0 Å². The number of esters is 1. The molecule has 8 heteroatoms. The molecule has 0 aliphatic heterocycles. The summed E-state index contributed by atoms with van der Waals surface area (Å²) in [7, 11) is -2.84. The number of hydrogen-bond donors (Lipinski definition) is 3. The van der Waals surface area contributed by atoms with Crippen LogP contribution in [0.2, 0.25) is 0 Å². The summed E-state index contributed by atoms with van der Waals surface area (Å²) in [6, 6.07) is 10.4. The molecular weight excluding hydrogens is 382 g/mol. The van der Waals surface area contributed by atoms with E-state index in [0.29, 0.717) is 24.4 Å². The molecule has 0 aromatic heterocycles. The number of aromatic hydroxyl groups is 1. The highest BCUT2D eigenvalue weighted by Crippen LogP contribution is 2.35. The molecule has 3 N–H and O–H groups in total. The van der Waals surface area contributed by atoms with Gasteiger partial charge in [0.25, 0.3) is 10.0 Å². The lowest BCUT2D eigenvalue weighted by molar-refractivity contribution is 0.0597. The molecule has 150 valence electrons. The Kier molecular flexibility index (Phi) is 5.90. The maximum absolute atomic E-state index is 12.8.